The number of nitrogens with two attached hydrogens (primary N) is 1. The van der Waals surface area contributed by atoms with Gasteiger partial charge in [-0.1, -0.05) is 0 Å². The summed E-state index contributed by atoms with van der Waals surface area (Å²) >= 11 is 0. The van der Waals surface area contributed by atoms with Crippen LogP contribution >= 0.6 is 0 Å². The number of rotatable bonds is 2. The first-order valence-corrected chi connectivity index (χ1v) is 6.19. The van der Waals surface area contributed by atoms with Gasteiger partial charge in [-0.3, -0.25) is 4.79 Å². The molecule has 0 radical (unpaired) electrons. The van der Waals surface area contributed by atoms with Crippen LogP contribution < -0.4 is 25.2 Å². The number of fused-ring (bicyclic) bond motifs is 1. The molecule has 1 aliphatic heterocycles. The lowest BCUT2D eigenvalue weighted by Crippen LogP contribution is -2.51. The van der Waals surface area contributed by atoms with Crippen molar-refractivity contribution >= 4 is 17.6 Å². The van der Waals surface area contributed by atoms with Gasteiger partial charge >= 0.3 is 0 Å². The average molecular weight is 291 g/mol. The van der Waals surface area contributed by atoms with Crippen LogP contribution in [-0.2, 0) is 0 Å². The molecule has 0 aliphatic carbocycles. The molecule has 2 rings (SSSR count). The maximum absolute atomic E-state index is 12.4. The molecule has 1 unspecified atom stereocenters. The first kappa shape index (κ1) is 14.7. The number of ketones is 1. The van der Waals surface area contributed by atoms with Crippen molar-refractivity contribution in [3.63, 3.8) is 0 Å². The van der Waals surface area contributed by atoms with Gasteiger partial charge in [-0.05, 0) is 13.0 Å². The first-order chi connectivity index (χ1) is 9.96. The zero-order valence-electron chi connectivity index (χ0n) is 11.9. The van der Waals surface area contributed by atoms with Crippen LogP contribution in [0.2, 0.25) is 0 Å². The highest BCUT2D eigenvalue weighted by molar-refractivity contribution is 6.18. The van der Waals surface area contributed by atoms with E-state index in [2.05, 4.69) is 0 Å². The second-order valence-corrected chi connectivity index (χ2v) is 4.49. The quantitative estimate of drug-likeness (QED) is 0.785. The van der Waals surface area contributed by atoms with Crippen LogP contribution in [0.15, 0.2) is 23.9 Å². The summed E-state index contributed by atoms with van der Waals surface area (Å²) in [6.07, 6.45) is -0.314. The SMILES string of the molecule is COc1cc2c(cc1OC)N(C(=O)[O-])C(C)/C(=C/N)C2=O. The Morgan fingerprint density at radius 3 is 2.38 bits per heavy atom. The number of anilines is 1. The molecule has 0 saturated carbocycles. The van der Waals surface area contributed by atoms with Crippen LogP contribution in [0.4, 0.5) is 10.5 Å². The van der Waals surface area contributed by atoms with Gasteiger partial charge in [0.25, 0.3) is 0 Å². The van der Waals surface area contributed by atoms with Gasteiger partial charge in [0.1, 0.15) is 6.09 Å². The van der Waals surface area contributed by atoms with E-state index in [4.69, 9.17) is 15.2 Å². The van der Waals surface area contributed by atoms with E-state index in [1.54, 1.807) is 6.92 Å². The maximum atomic E-state index is 12.4. The summed E-state index contributed by atoms with van der Waals surface area (Å²) in [5.41, 5.74) is 5.99. The molecule has 0 fully saturated rings. The predicted octanol–water partition coefficient (Wildman–Crippen LogP) is 0.281. The van der Waals surface area contributed by atoms with E-state index in [1.807, 2.05) is 0 Å². The highest BCUT2D eigenvalue weighted by Gasteiger charge is 2.35. The van der Waals surface area contributed by atoms with Crippen LogP contribution in [0.3, 0.4) is 0 Å². The number of hydrogen-bond donors (Lipinski definition) is 1. The zero-order valence-corrected chi connectivity index (χ0v) is 11.9. The van der Waals surface area contributed by atoms with Gasteiger partial charge in [-0.2, -0.15) is 0 Å². The largest absolute Gasteiger partial charge is 0.530 e. The van der Waals surface area contributed by atoms with Crippen molar-refractivity contribution < 1.29 is 24.2 Å². The Kier molecular flexibility index (Phi) is 3.75. The molecule has 1 heterocycles. The van der Waals surface area contributed by atoms with E-state index in [9.17, 15) is 14.7 Å². The molecule has 0 saturated heterocycles. The Morgan fingerprint density at radius 2 is 1.90 bits per heavy atom. The number of hydrogen-bond acceptors (Lipinski definition) is 6. The van der Waals surface area contributed by atoms with Crippen LogP contribution in [0, 0.1) is 0 Å². The predicted molar refractivity (Wildman–Crippen MR) is 73.5 cm³/mol. The lowest BCUT2D eigenvalue weighted by Gasteiger charge is -2.38. The van der Waals surface area contributed by atoms with Crippen molar-refractivity contribution in [3.05, 3.63) is 29.5 Å². The number of nitrogens with zero attached hydrogens (tertiary/aromatic N) is 1. The molecule has 0 spiro atoms. The molecule has 7 nitrogen and oxygen atoms in total. The van der Waals surface area contributed by atoms with Crippen LogP contribution in [0.1, 0.15) is 17.3 Å². The smallest absolute Gasteiger partial charge is 0.194 e. The molecule has 1 aromatic rings. The van der Waals surface area contributed by atoms with Crippen molar-refractivity contribution in [3.8, 4) is 11.5 Å². The van der Waals surface area contributed by atoms with E-state index >= 15 is 0 Å². The van der Waals surface area contributed by atoms with Crippen molar-refractivity contribution in [1.29, 1.82) is 0 Å². The van der Waals surface area contributed by atoms with E-state index in [1.165, 1.54) is 26.4 Å². The molecule has 112 valence electrons. The first-order valence-electron chi connectivity index (χ1n) is 6.19. The highest BCUT2D eigenvalue weighted by Crippen LogP contribution is 2.40. The molecule has 1 atom stereocenters. The molecular weight excluding hydrogens is 276 g/mol. The number of methoxy groups -OCH3 is 2. The number of amides is 1. The fraction of sp³-hybridized carbons (Fsp3) is 0.286. The van der Waals surface area contributed by atoms with Crippen LogP contribution in [0.25, 0.3) is 0 Å². The summed E-state index contributed by atoms with van der Waals surface area (Å²) in [4.78, 5) is 24.8. The minimum Gasteiger partial charge on any atom is -0.530 e. The van der Waals surface area contributed by atoms with Crippen molar-refractivity contribution in [2.75, 3.05) is 19.1 Å². The lowest BCUT2D eigenvalue weighted by molar-refractivity contribution is -0.246. The summed E-state index contributed by atoms with van der Waals surface area (Å²) in [7, 11) is 2.85. The Labute approximate surface area is 121 Å². The molecule has 1 aliphatic rings. The van der Waals surface area contributed by atoms with Gasteiger partial charge in [0.05, 0.1) is 31.5 Å². The Morgan fingerprint density at radius 1 is 1.33 bits per heavy atom. The van der Waals surface area contributed by atoms with Gasteiger partial charge in [-0.25, -0.2) is 0 Å². The van der Waals surface area contributed by atoms with Crippen LogP contribution in [-0.4, -0.2) is 32.1 Å². The number of benzene rings is 1. The van der Waals surface area contributed by atoms with Crippen molar-refractivity contribution in [2.24, 2.45) is 5.73 Å². The number of carbonyl (C=O) groups is 2. The van der Waals surface area contributed by atoms with E-state index in [0.29, 0.717) is 11.5 Å². The third kappa shape index (κ3) is 2.16. The molecule has 0 aromatic heterocycles. The fourth-order valence-electron chi connectivity index (χ4n) is 2.41. The minimum atomic E-state index is -1.43. The number of carbonyl (C=O) groups excluding carboxylic acids is 2. The third-order valence-electron chi connectivity index (χ3n) is 3.48. The topological polar surface area (TPSA) is 105 Å². The van der Waals surface area contributed by atoms with E-state index in [0.717, 1.165) is 11.1 Å². The lowest BCUT2D eigenvalue weighted by atomic mass is 9.90. The van der Waals surface area contributed by atoms with Gasteiger partial charge in [0.15, 0.2) is 17.3 Å². The second kappa shape index (κ2) is 5.35. The van der Waals surface area contributed by atoms with Gasteiger partial charge in [0, 0.05) is 17.8 Å². The summed E-state index contributed by atoms with van der Waals surface area (Å²) < 4.78 is 10.3. The van der Waals surface area contributed by atoms with Crippen molar-refractivity contribution in [1.82, 2.24) is 0 Å². The Bertz CT molecular complexity index is 638. The molecule has 21 heavy (non-hydrogen) atoms. The Hall–Kier alpha value is -2.70. The monoisotopic (exact) mass is 291 g/mol. The number of ether oxygens (including phenoxy) is 2. The van der Waals surface area contributed by atoms with Gasteiger partial charge in [0.2, 0.25) is 0 Å². The molecule has 7 heteroatoms. The minimum absolute atomic E-state index is 0.173. The summed E-state index contributed by atoms with van der Waals surface area (Å²) in [6.45, 7) is 1.56. The third-order valence-corrected chi connectivity index (χ3v) is 3.48. The maximum Gasteiger partial charge on any atom is 0.194 e. The normalized spacial score (nSPS) is 19.4. The number of carboxylic acid groups (broad SMARTS) is 1. The van der Waals surface area contributed by atoms with Crippen LogP contribution in [0.5, 0.6) is 11.5 Å². The van der Waals surface area contributed by atoms with E-state index < -0.39 is 12.1 Å². The molecular formula is C14H15N2O5-. The fourth-order valence-corrected chi connectivity index (χ4v) is 2.41. The molecule has 0 bridgehead atoms. The molecule has 1 amide bonds. The van der Waals surface area contributed by atoms with Gasteiger partial charge < -0.3 is 30.0 Å². The Balaban J connectivity index is 2.75. The zero-order chi connectivity index (χ0) is 15.7. The number of Topliss-reactive ketones (excluding diaryl/α,β-unsaturated/α-hetero) is 1. The summed E-state index contributed by atoms with van der Waals surface area (Å²) in [6, 6.07) is 2.13. The molecule has 2 N–H and O–H groups in total. The second-order valence-electron chi connectivity index (χ2n) is 4.49. The standard InChI is InChI=1S/C14H16N2O5/c1-7-9(6-15)13(17)8-4-11(20-2)12(21-3)5-10(8)16(7)14(18)19/h4-7H,15H2,1-3H3,(H,18,19)/p-1/b9-6-. The summed E-state index contributed by atoms with van der Waals surface area (Å²) in [5.74, 6) is 0.301. The summed E-state index contributed by atoms with van der Waals surface area (Å²) in [5, 5.41) is 11.4. The average Bonchev–Trinajstić information content (AvgIpc) is 2.46. The highest BCUT2D eigenvalue weighted by atomic mass is 16.5. The van der Waals surface area contributed by atoms with Crippen molar-refractivity contribution in [2.45, 2.75) is 13.0 Å². The van der Waals surface area contributed by atoms with Gasteiger partial charge in [-0.15, -0.1) is 0 Å². The van der Waals surface area contributed by atoms with E-state index in [-0.39, 0.29) is 22.6 Å². The molecule has 1 aromatic carbocycles.